The molecule has 9 heteroatoms. The molecule has 2 aliphatic rings. The highest BCUT2D eigenvalue weighted by atomic mass is 32.1. The third-order valence-corrected chi connectivity index (χ3v) is 7.13. The van der Waals surface area contributed by atoms with E-state index in [1.165, 1.54) is 0 Å². The highest BCUT2D eigenvalue weighted by molar-refractivity contribution is 7.12. The third kappa shape index (κ3) is 2.74. The highest BCUT2D eigenvalue weighted by Gasteiger charge is 2.36. The highest BCUT2D eigenvalue weighted by Crippen LogP contribution is 2.42. The first-order valence-corrected chi connectivity index (χ1v) is 10.6. The molecule has 1 unspecified atom stereocenters. The number of rotatable bonds is 3. The molecule has 1 saturated carbocycles. The van der Waals surface area contributed by atoms with Crippen molar-refractivity contribution in [1.29, 1.82) is 0 Å². The van der Waals surface area contributed by atoms with Crippen LogP contribution >= 0.6 is 11.5 Å². The number of anilines is 1. The Balaban J connectivity index is 1.79. The second kappa shape index (κ2) is 6.12. The molecule has 1 aliphatic heterocycles. The number of H-pyrrole nitrogens is 1. The second-order valence-corrected chi connectivity index (χ2v) is 9.61. The summed E-state index contributed by atoms with van der Waals surface area (Å²) in [7, 11) is 0. The Hall–Kier alpha value is -2.26. The monoisotopic (exact) mass is 420 g/mol. The Morgan fingerprint density at radius 3 is 2.59 bits per heavy atom. The molecule has 1 saturated heterocycles. The minimum absolute atomic E-state index is 0.00848. The standard InChI is InChI=1S/C20H22F2N4O2S/c1-20(2,23)9-5-6-25(8-9)16-12(21)7-11-15(14(16)22)26(10-3-4-10)19-13(17(11)27)18(28)24-29-19/h7,9-10H,3-6,8,23H2,1-2H3,(H,24,28). The van der Waals surface area contributed by atoms with Crippen molar-refractivity contribution in [2.75, 3.05) is 18.0 Å². The number of aromatic nitrogens is 2. The van der Waals surface area contributed by atoms with Gasteiger partial charge in [0.05, 0.1) is 10.9 Å². The molecule has 0 amide bonds. The van der Waals surface area contributed by atoms with E-state index in [1.54, 1.807) is 9.47 Å². The molecule has 154 valence electrons. The Kier molecular flexibility index (Phi) is 3.96. The van der Waals surface area contributed by atoms with E-state index in [-0.39, 0.29) is 33.9 Å². The van der Waals surface area contributed by atoms with Crippen LogP contribution in [0.25, 0.3) is 21.1 Å². The van der Waals surface area contributed by atoms with Crippen LogP contribution in [0.1, 0.15) is 39.2 Å². The van der Waals surface area contributed by atoms with E-state index >= 15 is 8.78 Å². The molecule has 1 aromatic carbocycles. The zero-order valence-corrected chi connectivity index (χ0v) is 17.0. The molecule has 1 atom stereocenters. The molecule has 3 heterocycles. The van der Waals surface area contributed by atoms with Crippen LogP contribution in [0.4, 0.5) is 14.5 Å². The van der Waals surface area contributed by atoms with Gasteiger partial charge in [-0.2, -0.15) is 0 Å². The molecule has 29 heavy (non-hydrogen) atoms. The average Bonchev–Trinajstić information content (AvgIpc) is 3.21. The molecule has 2 aromatic heterocycles. The maximum atomic E-state index is 15.8. The van der Waals surface area contributed by atoms with E-state index in [1.807, 2.05) is 13.8 Å². The zero-order valence-electron chi connectivity index (χ0n) is 16.2. The lowest BCUT2D eigenvalue weighted by Gasteiger charge is -2.28. The van der Waals surface area contributed by atoms with Crippen molar-refractivity contribution in [1.82, 2.24) is 8.94 Å². The summed E-state index contributed by atoms with van der Waals surface area (Å²) < 4.78 is 35.2. The summed E-state index contributed by atoms with van der Waals surface area (Å²) in [6.45, 7) is 4.79. The van der Waals surface area contributed by atoms with E-state index in [2.05, 4.69) is 4.37 Å². The molecule has 3 N–H and O–H groups in total. The number of nitrogens with zero attached hydrogens (tertiary/aromatic N) is 2. The normalized spacial score (nSPS) is 20.3. The van der Waals surface area contributed by atoms with Crippen LogP contribution in [0.2, 0.25) is 0 Å². The first-order chi connectivity index (χ1) is 13.7. The molecule has 6 nitrogen and oxygen atoms in total. The minimum atomic E-state index is -0.782. The number of halogens is 2. The smallest absolute Gasteiger partial charge is 0.271 e. The van der Waals surface area contributed by atoms with E-state index in [4.69, 9.17) is 5.73 Å². The Morgan fingerprint density at radius 2 is 1.97 bits per heavy atom. The van der Waals surface area contributed by atoms with Crippen molar-refractivity contribution in [3.05, 3.63) is 38.3 Å². The lowest BCUT2D eigenvalue weighted by Crippen LogP contribution is -2.42. The Morgan fingerprint density at radius 1 is 1.24 bits per heavy atom. The quantitative estimate of drug-likeness (QED) is 0.682. The van der Waals surface area contributed by atoms with Crippen LogP contribution < -0.4 is 21.6 Å². The fourth-order valence-corrected chi connectivity index (χ4v) is 5.37. The molecule has 1 aliphatic carbocycles. The predicted octanol–water partition coefficient (Wildman–Crippen LogP) is 3.08. The van der Waals surface area contributed by atoms with Crippen LogP contribution in [0, 0.1) is 17.6 Å². The largest absolute Gasteiger partial charge is 0.366 e. The molecular formula is C20H22F2N4O2S. The van der Waals surface area contributed by atoms with E-state index in [0.29, 0.717) is 17.9 Å². The Labute approximate surface area is 169 Å². The average molecular weight is 420 g/mol. The fourth-order valence-electron chi connectivity index (χ4n) is 4.45. The van der Waals surface area contributed by atoms with Crippen LogP contribution in [0.15, 0.2) is 15.7 Å². The van der Waals surface area contributed by atoms with Gasteiger partial charge in [0, 0.05) is 24.7 Å². The van der Waals surface area contributed by atoms with Gasteiger partial charge in [0.1, 0.15) is 21.7 Å². The number of nitrogens with two attached hydrogens (primary N) is 1. The topological polar surface area (TPSA) is 84.1 Å². The van der Waals surface area contributed by atoms with Gasteiger partial charge < -0.3 is 15.2 Å². The first-order valence-electron chi connectivity index (χ1n) is 9.79. The van der Waals surface area contributed by atoms with Gasteiger partial charge in [0.2, 0.25) is 5.43 Å². The lowest BCUT2D eigenvalue weighted by molar-refractivity contribution is 0.348. The van der Waals surface area contributed by atoms with E-state index in [9.17, 15) is 9.59 Å². The number of fused-ring (bicyclic) bond motifs is 2. The van der Waals surface area contributed by atoms with Crippen molar-refractivity contribution >= 4 is 38.3 Å². The number of aromatic amines is 1. The maximum Gasteiger partial charge on any atom is 0.271 e. The van der Waals surface area contributed by atoms with Crippen LogP contribution in [-0.4, -0.2) is 27.6 Å². The molecule has 0 bridgehead atoms. The van der Waals surface area contributed by atoms with Gasteiger partial charge in [0.15, 0.2) is 5.82 Å². The predicted molar refractivity (Wildman–Crippen MR) is 111 cm³/mol. The van der Waals surface area contributed by atoms with Gasteiger partial charge in [0.25, 0.3) is 5.56 Å². The van der Waals surface area contributed by atoms with Crippen molar-refractivity contribution in [3.63, 3.8) is 0 Å². The van der Waals surface area contributed by atoms with Crippen molar-refractivity contribution in [2.24, 2.45) is 11.7 Å². The molecule has 2 fully saturated rings. The number of hydrogen-bond donors (Lipinski definition) is 2. The molecule has 5 rings (SSSR count). The summed E-state index contributed by atoms with van der Waals surface area (Å²) in [4.78, 5) is 27.2. The molecule has 0 spiro atoms. The fraction of sp³-hybridized carbons (Fsp3) is 0.500. The van der Waals surface area contributed by atoms with Crippen LogP contribution in [0.3, 0.4) is 0 Å². The molecule has 3 aromatic rings. The first kappa shape index (κ1) is 18.7. The summed E-state index contributed by atoms with van der Waals surface area (Å²) in [6, 6.07) is 1.10. The van der Waals surface area contributed by atoms with Gasteiger partial charge in [-0.3, -0.25) is 14.0 Å². The van der Waals surface area contributed by atoms with Crippen LogP contribution in [0.5, 0.6) is 0 Å². The molecule has 0 radical (unpaired) electrons. The minimum Gasteiger partial charge on any atom is -0.366 e. The van der Waals surface area contributed by atoms with Crippen molar-refractivity contribution < 1.29 is 8.78 Å². The van der Waals surface area contributed by atoms with E-state index in [0.717, 1.165) is 36.9 Å². The van der Waals surface area contributed by atoms with Gasteiger partial charge >= 0.3 is 0 Å². The number of hydrogen-bond acceptors (Lipinski definition) is 5. The summed E-state index contributed by atoms with van der Waals surface area (Å²) in [5.41, 5.74) is 4.61. The van der Waals surface area contributed by atoms with Crippen molar-refractivity contribution in [2.45, 2.75) is 44.7 Å². The van der Waals surface area contributed by atoms with E-state index < -0.39 is 28.2 Å². The number of pyridine rings is 1. The Bertz CT molecular complexity index is 1270. The van der Waals surface area contributed by atoms with Gasteiger partial charge in [-0.25, -0.2) is 8.78 Å². The number of benzene rings is 1. The number of nitrogens with one attached hydrogen (secondary N) is 1. The van der Waals surface area contributed by atoms with Crippen LogP contribution in [-0.2, 0) is 0 Å². The molecular weight excluding hydrogens is 398 g/mol. The SMILES string of the molecule is CC(C)(N)C1CCN(c2c(F)cc3c(=O)c4c(=O)[nH]sc4n(C4CC4)c3c2F)C1. The van der Waals surface area contributed by atoms with Gasteiger partial charge in [-0.1, -0.05) is 0 Å². The van der Waals surface area contributed by atoms with Gasteiger partial charge in [-0.05, 0) is 56.6 Å². The summed E-state index contributed by atoms with van der Waals surface area (Å²) in [6.07, 6.45) is 2.41. The van der Waals surface area contributed by atoms with Crippen molar-refractivity contribution in [3.8, 4) is 0 Å². The summed E-state index contributed by atoms with van der Waals surface area (Å²) >= 11 is 1.03. The summed E-state index contributed by atoms with van der Waals surface area (Å²) in [5.74, 6) is -1.40. The summed E-state index contributed by atoms with van der Waals surface area (Å²) in [5, 5.41) is -0.103. The second-order valence-electron chi connectivity index (χ2n) is 8.81. The lowest BCUT2D eigenvalue weighted by atomic mass is 9.88. The van der Waals surface area contributed by atoms with Gasteiger partial charge in [-0.15, -0.1) is 0 Å². The third-order valence-electron chi connectivity index (χ3n) is 6.25. The zero-order chi connectivity index (χ0) is 20.7. The maximum absolute atomic E-state index is 15.8.